The number of benzene rings is 1. The van der Waals surface area contributed by atoms with E-state index in [0.717, 1.165) is 11.1 Å². The Hall–Kier alpha value is -2.02. The highest BCUT2D eigenvalue weighted by molar-refractivity contribution is 5.66. The number of carboxylic acids is 1. The van der Waals surface area contributed by atoms with Crippen molar-refractivity contribution in [2.24, 2.45) is 0 Å². The summed E-state index contributed by atoms with van der Waals surface area (Å²) < 4.78 is 5.15. The summed E-state index contributed by atoms with van der Waals surface area (Å²) in [7, 11) is 1.53. The van der Waals surface area contributed by atoms with Gasteiger partial charge in [-0.3, -0.25) is 4.79 Å². The van der Waals surface area contributed by atoms with Gasteiger partial charge >= 0.3 is 5.97 Å². The largest absolute Gasteiger partial charge is 0.495 e. The summed E-state index contributed by atoms with van der Waals surface area (Å²) >= 11 is 0. The third kappa shape index (κ3) is 3.49. The van der Waals surface area contributed by atoms with E-state index in [0.29, 0.717) is 24.2 Å². The maximum Gasteiger partial charge on any atom is 0.303 e. The molecular weight excluding hydrogens is 218 g/mol. The second-order valence-electron chi connectivity index (χ2n) is 3.85. The Labute approximate surface area is 100 Å². The van der Waals surface area contributed by atoms with E-state index >= 15 is 0 Å². The van der Waals surface area contributed by atoms with E-state index in [4.69, 9.17) is 15.1 Å². The van der Waals surface area contributed by atoms with Gasteiger partial charge in [0.1, 0.15) is 11.8 Å². The van der Waals surface area contributed by atoms with Gasteiger partial charge in [0.05, 0.1) is 12.7 Å². The van der Waals surface area contributed by atoms with Crippen LogP contribution in [0.2, 0.25) is 0 Å². The van der Waals surface area contributed by atoms with Crippen molar-refractivity contribution in [1.82, 2.24) is 0 Å². The number of nitrogens with zero attached hydrogens (tertiary/aromatic N) is 1. The van der Waals surface area contributed by atoms with Crippen molar-refractivity contribution in [3.8, 4) is 11.8 Å². The summed E-state index contributed by atoms with van der Waals surface area (Å²) in [5.41, 5.74) is 2.37. The number of hydrogen-bond donors (Lipinski definition) is 1. The number of ether oxygens (including phenoxy) is 1. The lowest BCUT2D eigenvalue weighted by molar-refractivity contribution is -0.137. The molecule has 1 N–H and O–H groups in total. The number of hydrogen-bond acceptors (Lipinski definition) is 3. The molecule has 90 valence electrons. The summed E-state index contributed by atoms with van der Waals surface area (Å²) in [4.78, 5) is 10.4. The van der Waals surface area contributed by atoms with Gasteiger partial charge in [-0.2, -0.15) is 5.26 Å². The van der Waals surface area contributed by atoms with Crippen LogP contribution in [0.4, 0.5) is 0 Å². The molecule has 1 aromatic rings. The van der Waals surface area contributed by atoms with Crippen LogP contribution in [0, 0.1) is 18.3 Å². The van der Waals surface area contributed by atoms with Crippen LogP contribution in [0.15, 0.2) is 12.1 Å². The minimum Gasteiger partial charge on any atom is -0.495 e. The summed E-state index contributed by atoms with van der Waals surface area (Å²) in [5, 5.41) is 17.5. The predicted molar refractivity (Wildman–Crippen MR) is 63.0 cm³/mol. The van der Waals surface area contributed by atoms with E-state index in [9.17, 15) is 4.79 Å². The van der Waals surface area contributed by atoms with E-state index in [1.807, 2.05) is 13.0 Å². The standard InChI is InChI=1S/C13H15NO3/c1-9-6-10(4-3-5-12(15)16)7-11(8-14)13(9)17-2/h6-7H,3-5H2,1-2H3,(H,15,16). The van der Waals surface area contributed by atoms with Gasteiger partial charge in [-0.05, 0) is 37.0 Å². The minimum absolute atomic E-state index is 0.146. The monoisotopic (exact) mass is 233 g/mol. The highest BCUT2D eigenvalue weighted by Gasteiger charge is 2.08. The van der Waals surface area contributed by atoms with Crippen LogP contribution in [0.5, 0.6) is 5.75 Å². The van der Waals surface area contributed by atoms with Crippen molar-refractivity contribution in [1.29, 1.82) is 5.26 Å². The number of methoxy groups -OCH3 is 1. The van der Waals surface area contributed by atoms with Crippen LogP contribution in [0.3, 0.4) is 0 Å². The lowest BCUT2D eigenvalue weighted by Crippen LogP contribution is -1.98. The van der Waals surface area contributed by atoms with Crippen LogP contribution in [0.25, 0.3) is 0 Å². The zero-order chi connectivity index (χ0) is 12.8. The van der Waals surface area contributed by atoms with E-state index in [2.05, 4.69) is 6.07 Å². The normalized spacial score (nSPS) is 9.71. The van der Waals surface area contributed by atoms with Crippen molar-refractivity contribution < 1.29 is 14.6 Å². The molecule has 0 atom stereocenters. The first-order valence-electron chi connectivity index (χ1n) is 5.38. The SMILES string of the molecule is COc1c(C)cc(CCCC(=O)O)cc1C#N. The van der Waals surface area contributed by atoms with Crippen molar-refractivity contribution >= 4 is 5.97 Å². The van der Waals surface area contributed by atoms with Gasteiger partial charge in [-0.25, -0.2) is 0 Å². The van der Waals surface area contributed by atoms with Gasteiger partial charge in [0.15, 0.2) is 0 Å². The van der Waals surface area contributed by atoms with E-state index < -0.39 is 5.97 Å². The lowest BCUT2D eigenvalue weighted by Gasteiger charge is -2.09. The van der Waals surface area contributed by atoms with E-state index in [-0.39, 0.29) is 6.42 Å². The van der Waals surface area contributed by atoms with E-state index in [1.165, 1.54) is 7.11 Å². The number of carbonyl (C=O) groups is 1. The third-order valence-corrected chi connectivity index (χ3v) is 2.52. The summed E-state index contributed by atoms with van der Waals surface area (Å²) in [6.07, 6.45) is 1.38. The molecule has 4 nitrogen and oxygen atoms in total. The first-order chi connectivity index (χ1) is 8.08. The molecule has 1 aromatic carbocycles. The number of aryl methyl sites for hydroxylation is 2. The molecule has 0 amide bonds. The Bertz CT molecular complexity index is 460. The Balaban J connectivity index is 2.85. The maximum atomic E-state index is 10.4. The molecule has 0 radical (unpaired) electrons. The molecule has 1 rings (SSSR count). The van der Waals surface area contributed by atoms with Crippen LogP contribution < -0.4 is 4.74 Å². The molecule has 0 fully saturated rings. The van der Waals surface area contributed by atoms with Gasteiger partial charge < -0.3 is 9.84 Å². The topological polar surface area (TPSA) is 70.3 Å². The number of nitriles is 1. The highest BCUT2D eigenvalue weighted by Crippen LogP contribution is 2.25. The van der Waals surface area contributed by atoms with Gasteiger partial charge in [-0.15, -0.1) is 0 Å². The van der Waals surface area contributed by atoms with Crippen LogP contribution in [-0.2, 0) is 11.2 Å². The van der Waals surface area contributed by atoms with E-state index in [1.54, 1.807) is 6.07 Å². The molecule has 0 spiro atoms. The van der Waals surface area contributed by atoms with Gasteiger partial charge in [-0.1, -0.05) is 6.07 Å². The molecule has 0 aliphatic heterocycles. The van der Waals surface area contributed by atoms with Crippen LogP contribution in [-0.4, -0.2) is 18.2 Å². The zero-order valence-corrected chi connectivity index (χ0v) is 9.99. The Morgan fingerprint density at radius 1 is 1.53 bits per heavy atom. The smallest absolute Gasteiger partial charge is 0.303 e. The molecule has 0 bridgehead atoms. The number of aliphatic carboxylic acids is 1. The molecule has 0 aliphatic rings. The second kappa shape index (κ2) is 5.90. The van der Waals surface area contributed by atoms with Crippen molar-refractivity contribution in [3.63, 3.8) is 0 Å². The second-order valence-corrected chi connectivity index (χ2v) is 3.85. The van der Waals surface area contributed by atoms with Gasteiger partial charge in [0.25, 0.3) is 0 Å². The molecule has 0 saturated carbocycles. The van der Waals surface area contributed by atoms with Crippen molar-refractivity contribution in [2.45, 2.75) is 26.2 Å². The number of rotatable bonds is 5. The fourth-order valence-electron chi connectivity index (χ4n) is 1.79. The molecule has 0 saturated heterocycles. The van der Waals surface area contributed by atoms with Crippen LogP contribution >= 0.6 is 0 Å². The summed E-state index contributed by atoms with van der Waals surface area (Å²) in [6.45, 7) is 1.88. The van der Waals surface area contributed by atoms with Crippen molar-refractivity contribution in [3.05, 3.63) is 28.8 Å². The maximum absolute atomic E-state index is 10.4. The third-order valence-electron chi connectivity index (χ3n) is 2.52. The fraction of sp³-hybridized carbons (Fsp3) is 0.385. The summed E-state index contributed by atoms with van der Waals surface area (Å²) in [5.74, 6) is -0.203. The Morgan fingerprint density at radius 2 is 2.24 bits per heavy atom. The van der Waals surface area contributed by atoms with Crippen LogP contribution in [0.1, 0.15) is 29.5 Å². The highest BCUT2D eigenvalue weighted by atomic mass is 16.5. The molecule has 0 aromatic heterocycles. The molecular formula is C13H15NO3. The molecule has 0 aliphatic carbocycles. The molecule has 0 heterocycles. The minimum atomic E-state index is -0.796. The van der Waals surface area contributed by atoms with Gasteiger partial charge in [0, 0.05) is 6.42 Å². The average molecular weight is 233 g/mol. The Morgan fingerprint density at radius 3 is 2.76 bits per heavy atom. The fourth-order valence-corrected chi connectivity index (χ4v) is 1.79. The average Bonchev–Trinajstić information content (AvgIpc) is 2.27. The molecule has 0 unspecified atom stereocenters. The molecule has 4 heteroatoms. The predicted octanol–water partition coefficient (Wildman–Crippen LogP) is 2.28. The number of carboxylic acid groups (broad SMARTS) is 1. The lowest BCUT2D eigenvalue weighted by atomic mass is 10.0. The Kier molecular flexibility index (Phi) is 4.53. The quantitative estimate of drug-likeness (QED) is 0.847. The first kappa shape index (κ1) is 13.0. The first-order valence-corrected chi connectivity index (χ1v) is 5.38. The zero-order valence-electron chi connectivity index (χ0n) is 9.99. The van der Waals surface area contributed by atoms with Crippen molar-refractivity contribution in [2.75, 3.05) is 7.11 Å². The molecule has 17 heavy (non-hydrogen) atoms. The van der Waals surface area contributed by atoms with Gasteiger partial charge in [0.2, 0.25) is 0 Å². The summed E-state index contributed by atoms with van der Waals surface area (Å²) in [6, 6.07) is 5.78.